The van der Waals surface area contributed by atoms with E-state index in [-0.39, 0.29) is 0 Å². The van der Waals surface area contributed by atoms with Crippen molar-refractivity contribution < 1.29 is 9.90 Å². The normalized spacial score (nSPS) is 33.7. The Bertz CT molecular complexity index is 130. The second-order valence-corrected chi connectivity index (χ2v) is 2.61. The third kappa shape index (κ3) is 1.68. The van der Waals surface area contributed by atoms with Crippen molar-refractivity contribution >= 4 is 5.97 Å². The molecule has 0 aliphatic carbocycles. The second kappa shape index (κ2) is 2.98. The molecule has 0 bridgehead atoms. The Morgan fingerprint density at radius 3 is 2.60 bits per heavy atom. The fraction of sp³-hybridized carbons (Fsp3) is 0.833. The maximum Gasteiger partial charge on any atom is 0.322 e. The van der Waals surface area contributed by atoms with Gasteiger partial charge in [0.2, 0.25) is 0 Å². The zero-order valence-electron chi connectivity index (χ0n) is 5.92. The molecule has 4 heteroatoms. The maximum absolute atomic E-state index is 10.4. The van der Waals surface area contributed by atoms with Gasteiger partial charge in [0, 0.05) is 19.1 Å². The molecular weight excluding hydrogens is 132 g/mol. The van der Waals surface area contributed by atoms with E-state index < -0.39 is 12.0 Å². The van der Waals surface area contributed by atoms with Crippen LogP contribution in [0, 0.1) is 0 Å². The van der Waals surface area contributed by atoms with E-state index in [0.717, 1.165) is 6.54 Å². The molecule has 1 aliphatic heterocycles. The minimum Gasteiger partial charge on any atom is -0.480 e. The Morgan fingerprint density at radius 1 is 1.50 bits per heavy atom. The molecule has 0 saturated carbocycles. The summed E-state index contributed by atoms with van der Waals surface area (Å²) in [4.78, 5) is 10.4. The molecule has 1 heterocycles. The van der Waals surface area contributed by atoms with Gasteiger partial charge in [0.05, 0.1) is 0 Å². The summed E-state index contributed by atoms with van der Waals surface area (Å²) in [5.41, 5.74) is 0. The van der Waals surface area contributed by atoms with Crippen LogP contribution in [0.15, 0.2) is 0 Å². The van der Waals surface area contributed by atoms with Crippen LogP contribution < -0.4 is 10.6 Å². The molecule has 0 aromatic rings. The Kier molecular flexibility index (Phi) is 2.24. The number of carbonyl (C=O) groups is 1. The van der Waals surface area contributed by atoms with Crippen LogP contribution in [0.3, 0.4) is 0 Å². The summed E-state index contributed by atoms with van der Waals surface area (Å²) in [5.74, 6) is -0.778. The van der Waals surface area contributed by atoms with E-state index in [1.54, 1.807) is 0 Å². The van der Waals surface area contributed by atoms with Crippen LogP contribution in [-0.2, 0) is 4.79 Å². The summed E-state index contributed by atoms with van der Waals surface area (Å²) in [6.07, 6.45) is 0. The number of carboxylic acids is 1. The largest absolute Gasteiger partial charge is 0.480 e. The van der Waals surface area contributed by atoms with Gasteiger partial charge >= 0.3 is 5.97 Å². The smallest absolute Gasteiger partial charge is 0.322 e. The van der Waals surface area contributed by atoms with Crippen LogP contribution in [0.4, 0.5) is 0 Å². The van der Waals surface area contributed by atoms with Gasteiger partial charge in [-0.15, -0.1) is 0 Å². The van der Waals surface area contributed by atoms with E-state index in [9.17, 15) is 4.79 Å². The molecule has 58 valence electrons. The van der Waals surface area contributed by atoms with Gasteiger partial charge in [-0.05, 0) is 6.92 Å². The SMILES string of the molecule is C[C@@H]1CN[C@H](C(=O)O)CN1. The third-order valence-electron chi connectivity index (χ3n) is 1.64. The van der Waals surface area contributed by atoms with Crippen molar-refractivity contribution in [1.82, 2.24) is 10.6 Å². The number of rotatable bonds is 1. The second-order valence-electron chi connectivity index (χ2n) is 2.61. The van der Waals surface area contributed by atoms with Crippen molar-refractivity contribution in [3.8, 4) is 0 Å². The monoisotopic (exact) mass is 144 g/mol. The van der Waals surface area contributed by atoms with E-state index in [4.69, 9.17) is 5.11 Å². The highest BCUT2D eigenvalue weighted by Crippen LogP contribution is 1.91. The van der Waals surface area contributed by atoms with Gasteiger partial charge in [-0.3, -0.25) is 4.79 Å². The average Bonchev–Trinajstić information content (AvgIpc) is 1.88. The lowest BCUT2D eigenvalue weighted by atomic mass is 10.2. The lowest BCUT2D eigenvalue weighted by molar-refractivity contribution is -0.139. The lowest BCUT2D eigenvalue weighted by Gasteiger charge is -2.25. The topological polar surface area (TPSA) is 61.4 Å². The van der Waals surface area contributed by atoms with E-state index in [1.807, 2.05) is 6.92 Å². The molecule has 10 heavy (non-hydrogen) atoms. The Morgan fingerprint density at radius 2 is 2.20 bits per heavy atom. The standard InChI is InChI=1S/C6H12N2O2/c1-4-2-8-5(3-7-4)6(9)10/h4-5,7-8H,2-3H2,1H3,(H,9,10)/t4-,5+/m1/s1. The summed E-state index contributed by atoms with van der Waals surface area (Å²) < 4.78 is 0. The van der Waals surface area contributed by atoms with Crippen molar-refractivity contribution in [2.45, 2.75) is 19.0 Å². The Balaban J connectivity index is 2.33. The first-order valence-electron chi connectivity index (χ1n) is 3.39. The van der Waals surface area contributed by atoms with Crippen LogP contribution in [0.25, 0.3) is 0 Å². The van der Waals surface area contributed by atoms with E-state index in [0.29, 0.717) is 12.6 Å². The summed E-state index contributed by atoms with van der Waals surface area (Å²) in [6.45, 7) is 3.28. The van der Waals surface area contributed by atoms with Crippen LogP contribution in [-0.4, -0.2) is 36.2 Å². The average molecular weight is 144 g/mol. The molecule has 1 rings (SSSR count). The van der Waals surface area contributed by atoms with E-state index in [1.165, 1.54) is 0 Å². The zero-order chi connectivity index (χ0) is 7.56. The fourth-order valence-electron chi connectivity index (χ4n) is 0.957. The molecule has 1 aliphatic rings. The summed E-state index contributed by atoms with van der Waals surface area (Å²) in [6, 6.07) is -0.0215. The van der Waals surface area contributed by atoms with Gasteiger partial charge in [0.25, 0.3) is 0 Å². The van der Waals surface area contributed by atoms with Gasteiger partial charge in [-0.25, -0.2) is 0 Å². The molecular formula is C6H12N2O2. The Labute approximate surface area is 59.6 Å². The number of aliphatic carboxylic acids is 1. The predicted molar refractivity (Wildman–Crippen MR) is 36.9 cm³/mol. The fourth-order valence-corrected chi connectivity index (χ4v) is 0.957. The van der Waals surface area contributed by atoms with Crippen LogP contribution in [0.1, 0.15) is 6.92 Å². The molecule has 0 unspecified atom stereocenters. The van der Waals surface area contributed by atoms with Gasteiger partial charge in [-0.2, -0.15) is 0 Å². The molecule has 1 fully saturated rings. The highest BCUT2D eigenvalue weighted by molar-refractivity contribution is 5.73. The van der Waals surface area contributed by atoms with Crippen LogP contribution in [0.5, 0.6) is 0 Å². The molecule has 4 nitrogen and oxygen atoms in total. The molecule has 0 spiro atoms. The van der Waals surface area contributed by atoms with Crippen molar-refractivity contribution in [2.24, 2.45) is 0 Å². The molecule has 2 atom stereocenters. The van der Waals surface area contributed by atoms with Crippen molar-refractivity contribution in [3.63, 3.8) is 0 Å². The minimum absolute atomic E-state index is 0.385. The van der Waals surface area contributed by atoms with Crippen LogP contribution in [0.2, 0.25) is 0 Å². The highest BCUT2D eigenvalue weighted by Gasteiger charge is 2.21. The molecule has 0 amide bonds. The zero-order valence-corrected chi connectivity index (χ0v) is 5.92. The molecule has 3 N–H and O–H groups in total. The van der Waals surface area contributed by atoms with Gasteiger partial charge in [0.15, 0.2) is 0 Å². The number of hydrogen-bond acceptors (Lipinski definition) is 3. The summed E-state index contributed by atoms with van der Waals surface area (Å²) >= 11 is 0. The van der Waals surface area contributed by atoms with Crippen molar-refractivity contribution in [1.29, 1.82) is 0 Å². The predicted octanol–water partition coefficient (Wildman–Crippen LogP) is -0.979. The first kappa shape index (κ1) is 7.50. The number of carboxylic acid groups (broad SMARTS) is 1. The highest BCUT2D eigenvalue weighted by atomic mass is 16.4. The molecule has 0 aromatic carbocycles. The first-order valence-corrected chi connectivity index (χ1v) is 3.39. The van der Waals surface area contributed by atoms with Gasteiger partial charge < -0.3 is 15.7 Å². The minimum atomic E-state index is -0.778. The third-order valence-corrected chi connectivity index (χ3v) is 1.64. The first-order chi connectivity index (χ1) is 4.70. The lowest BCUT2D eigenvalue weighted by Crippen LogP contribution is -2.56. The number of hydrogen-bond donors (Lipinski definition) is 3. The Hall–Kier alpha value is -0.610. The maximum atomic E-state index is 10.4. The van der Waals surface area contributed by atoms with Crippen LogP contribution >= 0.6 is 0 Å². The number of nitrogens with one attached hydrogen (secondary N) is 2. The molecule has 1 saturated heterocycles. The van der Waals surface area contributed by atoms with Gasteiger partial charge in [-0.1, -0.05) is 0 Å². The van der Waals surface area contributed by atoms with E-state index >= 15 is 0 Å². The van der Waals surface area contributed by atoms with E-state index in [2.05, 4.69) is 10.6 Å². The van der Waals surface area contributed by atoms with Crippen molar-refractivity contribution in [3.05, 3.63) is 0 Å². The molecule has 0 aromatic heterocycles. The summed E-state index contributed by atoms with van der Waals surface area (Å²) in [7, 11) is 0. The van der Waals surface area contributed by atoms with Crippen molar-refractivity contribution in [2.75, 3.05) is 13.1 Å². The summed E-state index contributed by atoms with van der Waals surface area (Å²) in [5, 5.41) is 14.5. The van der Waals surface area contributed by atoms with Gasteiger partial charge in [0.1, 0.15) is 6.04 Å². The molecule has 0 radical (unpaired) electrons. The number of piperazine rings is 1. The quantitative estimate of drug-likeness (QED) is 0.442.